The molecule has 0 bridgehead atoms. The van der Waals surface area contributed by atoms with E-state index in [1.807, 2.05) is 0 Å². The molecule has 0 atom stereocenters. The lowest BCUT2D eigenvalue weighted by atomic mass is 10.2. The molecule has 5 nitrogen and oxygen atoms in total. The van der Waals surface area contributed by atoms with Gasteiger partial charge >= 0.3 is 5.97 Å². The number of hydrogen-bond donors (Lipinski definition) is 2. The van der Waals surface area contributed by atoms with Crippen LogP contribution < -0.4 is 10.2 Å². The van der Waals surface area contributed by atoms with Crippen molar-refractivity contribution in [1.82, 2.24) is 5.32 Å². The third-order valence-corrected chi connectivity index (χ3v) is 2.90. The lowest BCUT2D eigenvalue weighted by Gasteiger charge is -2.19. The van der Waals surface area contributed by atoms with E-state index >= 15 is 0 Å². The Bertz CT molecular complexity index is 448. The Morgan fingerprint density at radius 3 is 2.59 bits per heavy atom. The van der Waals surface area contributed by atoms with Crippen molar-refractivity contribution in [3.05, 3.63) is 28.2 Å². The second-order valence-electron chi connectivity index (χ2n) is 3.50. The van der Waals surface area contributed by atoms with Crippen LogP contribution in [-0.4, -0.2) is 37.6 Å². The number of halogens is 1. The number of likely N-dealkylation sites (N-methyl/N-ethyl adjacent to an activating group) is 2. The van der Waals surface area contributed by atoms with Gasteiger partial charge < -0.3 is 15.3 Å². The first-order valence-corrected chi connectivity index (χ1v) is 5.69. The number of hydrogen-bond acceptors (Lipinski definition) is 3. The van der Waals surface area contributed by atoms with Gasteiger partial charge in [0.2, 0.25) is 5.91 Å². The summed E-state index contributed by atoms with van der Waals surface area (Å²) in [6.07, 6.45) is 0. The smallest absolute Gasteiger partial charge is 0.335 e. The molecule has 1 aromatic rings. The molecule has 0 saturated carbocycles. The van der Waals surface area contributed by atoms with Crippen LogP contribution in [0.25, 0.3) is 0 Å². The van der Waals surface area contributed by atoms with E-state index in [4.69, 9.17) is 5.11 Å². The number of nitrogens with one attached hydrogen (secondary N) is 1. The fraction of sp³-hybridized carbons (Fsp3) is 0.273. The number of carbonyl (C=O) groups is 2. The molecule has 0 aliphatic heterocycles. The number of nitrogens with zero attached hydrogens (tertiary/aromatic N) is 1. The first-order valence-electron chi connectivity index (χ1n) is 4.90. The van der Waals surface area contributed by atoms with E-state index in [1.54, 1.807) is 25.1 Å². The third kappa shape index (κ3) is 3.45. The van der Waals surface area contributed by atoms with Gasteiger partial charge in [-0.2, -0.15) is 0 Å². The van der Waals surface area contributed by atoms with Crippen molar-refractivity contribution in [3.63, 3.8) is 0 Å². The average molecular weight is 301 g/mol. The summed E-state index contributed by atoms with van der Waals surface area (Å²) in [5.41, 5.74) is 0.965. The van der Waals surface area contributed by atoms with Gasteiger partial charge in [-0.3, -0.25) is 4.79 Å². The number of carbonyl (C=O) groups excluding carboxylic acids is 1. The largest absolute Gasteiger partial charge is 0.478 e. The van der Waals surface area contributed by atoms with Crippen LogP contribution in [0.1, 0.15) is 10.4 Å². The third-order valence-electron chi connectivity index (χ3n) is 2.27. The molecule has 17 heavy (non-hydrogen) atoms. The summed E-state index contributed by atoms with van der Waals surface area (Å²) in [6, 6.07) is 4.68. The first-order chi connectivity index (χ1) is 7.95. The van der Waals surface area contributed by atoms with Gasteiger partial charge in [0.1, 0.15) is 0 Å². The molecule has 0 aromatic heterocycles. The van der Waals surface area contributed by atoms with Gasteiger partial charge in [-0.1, -0.05) is 0 Å². The highest BCUT2D eigenvalue weighted by molar-refractivity contribution is 9.10. The van der Waals surface area contributed by atoms with Crippen molar-refractivity contribution < 1.29 is 14.7 Å². The summed E-state index contributed by atoms with van der Waals surface area (Å²) in [5.74, 6) is -1.09. The minimum atomic E-state index is -0.980. The molecule has 0 heterocycles. The number of rotatable bonds is 4. The number of carboxylic acid groups (broad SMARTS) is 1. The molecule has 1 aromatic carbocycles. The van der Waals surface area contributed by atoms with Gasteiger partial charge in [0, 0.05) is 18.6 Å². The molecule has 0 aliphatic rings. The molecule has 0 fully saturated rings. The van der Waals surface area contributed by atoms with Crippen molar-refractivity contribution in [1.29, 1.82) is 0 Å². The Morgan fingerprint density at radius 2 is 2.12 bits per heavy atom. The Hall–Kier alpha value is -1.56. The monoisotopic (exact) mass is 300 g/mol. The van der Waals surface area contributed by atoms with Crippen LogP contribution in [0.2, 0.25) is 0 Å². The molecule has 1 amide bonds. The molecule has 2 N–H and O–H groups in total. The molecule has 6 heteroatoms. The summed E-state index contributed by atoms with van der Waals surface area (Å²) >= 11 is 3.29. The van der Waals surface area contributed by atoms with E-state index in [0.29, 0.717) is 4.47 Å². The molecular weight excluding hydrogens is 288 g/mol. The van der Waals surface area contributed by atoms with E-state index in [2.05, 4.69) is 21.2 Å². The number of carboxylic acids is 1. The lowest BCUT2D eigenvalue weighted by Crippen LogP contribution is -2.33. The van der Waals surface area contributed by atoms with Gasteiger partial charge in [0.05, 0.1) is 17.8 Å². The van der Waals surface area contributed by atoms with Crippen molar-refractivity contribution in [3.8, 4) is 0 Å². The van der Waals surface area contributed by atoms with Crippen LogP contribution in [0.5, 0.6) is 0 Å². The van der Waals surface area contributed by atoms with E-state index in [1.165, 1.54) is 12.1 Å². The predicted molar refractivity (Wildman–Crippen MR) is 68.4 cm³/mol. The second kappa shape index (κ2) is 5.67. The Morgan fingerprint density at radius 1 is 1.47 bits per heavy atom. The van der Waals surface area contributed by atoms with Gasteiger partial charge in [-0.05, 0) is 34.1 Å². The zero-order valence-corrected chi connectivity index (χ0v) is 11.1. The van der Waals surface area contributed by atoms with E-state index in [0.717, 1.165) is 5.69 Å². The summed E-state index contributed by atoms with van der Waals surface area (Å²) < 4.78 is 0.642. The van der Waals surface area contributed by atoms with Gasteiger partial charge in [0.25, 0.3) is 0 Å². The molecule has 0 saturated heterocycles. The maximum atomic E-state index is 11.2. The Balaban J connectivity index is 2.92. The highest BCUT2D eigenvalue weighted by atomic mass is 79.9. The van der Waals surface area contributed by atoms with Gasteiger partial charge in [-0.15, -0.1) is 0 Å². The Kier molecular flexibility index (Phi) is 4.51. The minimum Gasteiger partial charge on any atom is -0.478 e. The highest BCUT2D eigenvalue weighted by Gasteiger charge is 2.11. The van der Waals surface area contributed by atoms with Crippen LogP contribution in [0.15, 0.2) is 22.7 Å². The zero-order chi connectivity index (χ0) is 13.0. The molecular formula is C11H13BrN2O3. The fourth-order valence-electron chi connectivity index (χ4n) is 1.33. The van der Waals surface area contributed by atoms with Crippen LogP contribution >= 0.6 is 15.9 Å². The number of aromatic carboxylic acids is 1. The van der Waals surface area contributed by atoms with Crippen LogP contribution in [0, 0.1) is 0 Å². The molecule has 0 aliphatic carbocycles. The summed E-state index contributed by atoms with van der Waals surface area (Å²) in [4.78, 5) is 23.7. The van der Waals surface area contributed by atoms with Gasteiger partial charge in [0.15, 0.2) is 0 Å². The van der Waals surface area contributed by atoms with Crippen LogP contribution in [-0.2, 0) is 4.79 Å². The van der Waals surface area contributed by atoms with Crippen molar-refractivity contribution in [2.24, 2.45) is 0 Å². The lowest BCUT2D eigenvalue weighted by molar-refractivity contribution is -0.119. The Labute approximate surface area is 108 Å². The predicted octanol–water partition coefficient (Wildman–Crippen LogP) is 1.33. The second-order valence-corrected chi connectivity index (χ2v) is 4.35. The molecule has 0 spiro atoms. The molecule has 0 unspecified atom stereocenters. The topological polar surface area (TPSA) is 69.6 Å². The van der Waals surface area contributed by atoms with Crippen molar-refractivity contribution in [2.45, 2.75) is 0 Å². The number of anilines is 1. The minimum absolute atomic E-state index is 0.110. The fourth-order valence-corrected chi connectivity index (χ4v) is 2.01. The van der Waals surface area contributed by atoms with Crippen LogP contribution in [0.3, 0.4) is 0 Å². The van der Waals surface area contributed by atoms with E-state index < -0.39 is 5.97 Å². The molecule has 92 valence electrons. The summed E-state index contributed by atoms with van der Waals surface area (Å²) in [7, 11) is 3.33. The summed E-state index contributed by atoms with van der Waals surface area (Å²) in [5, 5.41) is 11.3. The van der Waals surface area contributed by atoms with E-state index in [9.17, 15) is 9.59 Å². The van der Waals surface area contributed by atoms with E-state index in [-0.39, 0.29) is 18.0 Å². The summed E-state index contributed by atoms with van der Waals surface area (Å²) in [6.45, 7) is 0.210. The quantitative estimate of drug-likeness (QED) is 0.880. The highest BCUT2D eigenvalue weighted by Crippen LogP contribution is 2.26. The van der Waals surface area contributed by atoms with Crippen molar-refractivity contribution in [2.75, 3.05) is 25.5 Å². The first kappa shape index (κ1) is 13.5. The zero-order valence-electron chi connectivity index (χ0n) is 9.53. The van der Waals surface area contributed by atoms with Crippen LogP contribution in [0.4, 0.5) is 5.69 Å². The number of amides is 1. The molecule has 1 rings (SSSR count). The van der Waals surface area contributed by atoms with Crippen molar-refractivity contribution >= 4 is 33.5 Å². The van der Waals surface area contributed by atoms with Gasteiger partial charge in [-0.25, -0.2) is 4.79 Å². The normalized spacial score (nSPS) is 9.82. The average Bonchev–Trinajstić information content (AvgIpc) is 2.28. The number of benzene rings is 1. The maximum Gasteiger partial charge on any atom is 0.335 e. The standard InChI is InChI=1S/C11H13BrN2O3/c1-13-10(15)6-14(2)9-4-3-7(11(16)17)5-8(9)12/h3-5H,6H2,1-2H3,(H,13,15)(H,16,17). The maximum absolute atomic E-state index is 11.2. The molecule has 0 radical (unpaired) electrons. The SMILES string of the molecule is CNC(=O)CN(C)c1ccc(C(=O)O)cc1Br.